The summed E-state index contributed by atoms with van der Waals surface area (Å²) in [6.07, 6.45) is 0.0708. The Morgan fingerprint density at radius 2 is 1.62 bits per heavy atom. The minimum Gasteiger partial charge on any atom is -0.489 e. The Bertz CT molecular complexity index is 962. The maximum atomic E-state index is 11.2. The standard InChI is InChI=1S/C24H22O5/c25-23(26)14-24(16-27-17-24)19-9-11-20(12-10-19)28-15-18-5-4-8-22(13-18)29-21-6-2-1-3-7-21/h1-13H,14-17H2,(H,25,26). The average Bonchev–Trinajstić information content (AvgIpc) is 2.71. The number of hydrogen-bond acceptors (Lipinski definition) is 4. The Balaban J connectivity index is 1.38. The molecule has 1 saturated heterocycles. The fourth-order valence-electron chi connectivity index (χ4n) is 3.40. The van der Waals surface area contributed by atoms with E-state index in [9.17, 15) is 4.79 Å². The van der Waals surface area contributed by atoms with Gasteiger partial charge in [0, 0.05) is 0 Å². The molecule has 0 unspecified atom stereocenters. The number of para-hydroxylation sites is 1. The van der Waals surface area contributed by atoms with Crippen LogP contribution in [0.1, 0.15) is 17.5 Å². The summed E-state index contributed by atoms with van der Waals surface area (Å²) in [6, 6.07) is 25.0. The van der Waals surface area contributed by atoms with E-state index in [4.69, 9.17) is 19.3 Å². The molecule has 0 saturated carbocycles. The van der Waals surface area contributed by atoms with Gasteiger partial charge in [-0.3, -0.25) is 4.79 Å². The van der Waals surface area contributed by atoms with Crippen LogP contribution in [-0.2, 0) is 21.6 Å². The first-order valence-corrected chi connectivity index (χ1v) is 9.48. The number of benzene rings is 3. The molecular weight excluding hydrogens is 368 g/mol. The van der Waals surface area contributed by atoms with Crippen LogP contribution in [0.3, 0.4) is 0 Å². The van der Waals surface area contributed by atoms with Crippen LogP contribution in [0, 0.1) is 0 Å². The molecule has 0 amide bonds. The van der Waals surface area contributed by atoms with E-state index in [1.165, 1.54) is 0 Å². The zero-order chi connectivity index (χ0) is 20.1. The summed E-state index contributed by atoms with van der Waals surface area (Å²) in [5.74, 6) is 1.46. The van der Waals surface area contributed by atoms with E-state index < -0.39 is 11.4 Å². The maximum Gasteiger partial charge on any atom is 0.304 e. The van der Waals surface area contributed by atoms with Crippen LogP contribution in [0.15, 0.2) is 78.9 Å². The van der Waals surface area contributed by atoms with Crippen molar-refractivity contribution in [2.75, 3.05) is 13.2 Å². The van der Waals surface area contributed by atoms with Gasteiger partial charge in [-0.25, -0.2) is 0 Å². The zero-order valence-corrected chi connectivity index (χ0v) is 15.9. The van der Waals surface area contributed by atoms with E-state index in [0.29, 0.717) is 19.8 Å². The summed E-state index contributed by atoms with van der Waals surface area (Å²) in [5.41, 5.74) is 1.54. The summed E-state index contributed by atoms with van der Waals surface area (Å²) in [6.45, 7) is 1.29. The predicted octanol–water partition coefficient (Wildman–Crippen LogP) is 4.80. The third-order valence-electron chi connectivity index (χ3n) is 5.00. The number of carboxylic acid groups (broad SMARTS) is 1. The molecule has 4 rings (SSSR count). The molecule has 29 heavy (non-hydrogen) atoms. The molecule has 5 nitrogen and oxygen atoms in total. The Hall–Kier alpha value is -3.31. The van der Waals surface area contributed by atoms with E-state index in [1.54, 1.807) is 0 Å². The van der Waals surface area contributed by atoms with Gasteiger partial charge in [0.2, 0.25) is 0 Å². The Labute approximate surface area is 169 Å². The van der Waals surface area contributed by atoms with Crippen molar-refractivity contribution in [1.29, 1.82) is 0 Å². The first-order chi connectivity index (χ1) is 14.1. The number of hydrogen-bond donors (Lipinski definition) is 1. The molecule has 0 radical (unpaired) electrons. The van der Waals surface area contributed by atoms with Crippen LogP contribution in [0.5, 0.6) is 17.2 Å². The van der Waals surface area contributed by atoms with Gasteiger partial charge >= 0.3 is 5.97 Å². The number of carboxylic acids is 1. The minimum absolute atomic E-state index is 0.0708. The first-order valence-electron chi connectivity index (χ1n) is 9.48. The topological polar surface area (TPSA) is 65.0 Å². The van der Waals surface area contributed by atoms with Gasteiger partial charge < -0.3 is 19.3 Å². The highest BCUT2D eigenvalue weighted by Crippen LogP contribution is 2.36. The molecule has 0 aliphatic carbocycles. The van der Waals surface area contributed by atoms with Gasteiger partial charge in [0.15, 0.2) is 0 Å². The SMILES string of the molecule is O=C(O)CC1(c2ccc(OCc3cccc(Oc4ccccc4)c3)cc2)COC1. The highest BCUT2D eigenvalue weighted by atomic mass is 16.5. The molecule has 0 spiro atoms. The second-order valence-electron chi connectivity index (χ2n) is 7.22. The Kier molecular flexibility index (Phi) is 5.49. The van der Waals surface area contributed by atoms with E-state index in [0.717, 1.165) is 28.4 Å². The summed E-state index contributed by atoms with van der Waals surface area (Å²) >= 11 is 0. The lowest BCUT2D eigenvalue weighted by atomic mass is 9.76. The van der Waals surface area contributed by atoms with Gasteiger partial charge in [-0.1, -0.05) is 42.5 Å². The van der Waals surface area contributed by atoms with Crippen molar-refractivity contribution in [3.05, 3.63) is 90.0 Å². The van der Waals surface area contributed by atoms with Crippen LogP contribution in [-0.4, -0.2) is 24.3 Å². The largest absolute Gasteiger partial charge is 0.489 e. The second kappa shape index (κ2) is 8.37. The molecule has 3 aromatic carbocycles. The van der Waals surface area contributed by atoms with Crippen molar-refractivity contribution in [2.45, 2.75) is 18.4 Å². The maximum absolute atomic E-state index is 11.2. The van der Waals surface area contributed by atoms with E-state index >= 15 is 0 Å². The highest BCUT2D eigenvalue weighted by Gasteiger charge is 2.42. The Morgan fingerprint density at radius 3 is 2.28 bits per heavy atom. The Morgan fingerprint density at radius 1 is 0.897 bits per heavy atom. The van der Waals surface area contributed by atoms with Crippen molar-refractivity contribution in [1.82, 2.24) is 0 Å². The predicted molar refractivity (Wildman–Crippen MR) is 108 cm³/mol. The molecule has 3 aromatic rings. The highest BCUT2D eigenvalue weighted by molar-refractivity contribution is 5.69. The average molecular weight is 390 g/mol. The molecule has 1 aliphatic rings. The molecule has 0 aromatic heterocycles. The number of rotatable bonds is 8. The van der Waals surface area contributed by atoms with E-state index in [1.807, 2.05) is 78.9 Å². The van der Waals surface area contributed by atoms with Crippen LogP contribution in [0.4, 0.5) is 0 Å². The van der Waals surface area contributed by atoms with Crippen LogP contribution < -0.4 is 9.47 Å². The lowest BCUT2D eigenvalue weighted by Gasteiger charge is -2.40. The van der Waals surface area contributed by atoms with Crippen molar-refractivity contribution in [2.24, 2.45) is 0 Å². The molecule has 1 aliphatic heterocycles. The molecular formula is C24H22O5. The number of carbonyl (C=O) groups is 1. The molecule has 0 bridgehead atoms. The first kappa shape index (κ1) is 19.0. The second-order valence-corrected chi connectivity index (χ2v) is 7.22. The molecule has 1 heterocycles. The van der Waals surface area contributed by atoms with Crippen LogP contribution >= 0.6 is 0 Å². The molecule has 148 valence electrons. The molecule has 1 N–H and O–H groups in total. The number of ether oxygens (including phenoxy) is 3. The normalized spacial score (nSPS) is 14.6. The summed E-state index contributed by atoms with van der Waals surface area (Å²) < 4.78 is 17.0. The lowest BCUT2D eigenvalue weighted by Crippen LogP contribution is -2.48. The fourth-order valence-corrected chi connectivity index (χ4v) is 3.40. The monoisotopic (exact) mass is 390 g/mol. The third-order valence-corrected chi connectivity index (χ3v) is 5.00. The van der Waals surface area contributed by atoms with Crippen molar-refractivity contribution in [3.8, 4) is 17.2 Å². The van der Waals surface area contributed by atoms with Crippen LogP contribution in [0.25, 0.3) is 0 Å². The quantitative estimate of drug-likeness (QED) is 0.598. The van der Waals surface area contributed by atoms with Gasteiger partial charge in [0.05, 0.1) is 25.0 Å². The minimum atomic E-state index is -0.814. The van der Waals surface area contributed by atoms with Crippen molar-refractivity contribution < 1.29 is 24.1 Å². The third kappa shape index (κ3) is 4.58. The molecule has 0 atom stereocenters. The van der Waals surface area contributed by atoms with Crippen LogP contribution in [0.2, 0.25) is 0 Å². The zero-order valence-electron chi connectivity index (χ0n) is 15.9. The lowest BCUT2D eigenvalue weighted by molar-refractivity contribution is -0.145. The van der Waals surface area contributed by atoms with Gasteiger partial charge in [-0.15, -0.1) is 0 Å². The molecule has 5 heteroatoms. The smallest absolute Gasteiger partial charge is 0.304 e. The van der Waals surface area contributed by atoms with Gasteiger partial charge in [0.1, 0.15) is 23.9 Å². The summed E-state index contributed by atoms with van der Waals surface area (Å²) in [5, 5.41) is 9.17. The van der Waals surface area contributed by atoms with Gasteiger partial charge in [0.25, 0.3) is 0 Å². The van der Waals surface area contributed by atoms with Gasteiger partial charge in [-0.05, 0) is 47.5 Å². The van der Waals surface area contributed by atoms with Crippen molar-refractivity contribution >= 4 is 5.97 Å². The van der Waals surface area contributed by atoms with E-state index in [2.05, 4.69) is 0 Å². The molecule has 1 fully saturated rings. The van der Waals surface area contributed by atoms with E-state index in [-0.39, 0.29) is 6.42 Å². The number of aliphatic carboxylic acids is 1. The summed E-state index contributed by atoms with van der Waals surface area (Å²) in [7, 11) is 0. The van der Waals surface area contributed by atoms with Gasteiger partial charge in [-0.2, -0.15) is 0 Å². The fraction of sp³-hybridized carbons (Fsp3) is 0.208. The van der Waals surface area contributed by atoms with Crippen molar-refractivity contribution in [3.63, 3.8) is 0 Å². The summed E-state index contributed by atoms with van der Waals surface area (Å²) in [4.78, 5) is 11.2.